The highest BCUT2D eigenvalue weighted by Gasteiger charge is 2.10. The summed E-state index contributed by atoms with van der Waals surface area (Å²) in [6.45, 7) is 6.65. The third kappa shape index (κ3) is 2.88. The van der Waals surface area contributed by atoms with Gasteiger partial charge in [-0.05, 0) is 44.5 Å². The van der Waals surface area contributed by atoms with Crippen molar-refractivity contribution in [3.05, 3.63) is 35.5 Å². The highest BCUT2D eigenvalue weighted by molar-refractivity contribution is 5.60. The van der Waals surface area contributed by atoms with Crippen molar-refractivity contribution >= 4 is 5.82 Å². The van der Waals surface area contributed by atoms with Crippen LogP contribution in [0.4, 0.5) is 5.82 Å². The van der Waals surface area contributed by atoms with Gasteiger partial charge in [-0.1, -0.05) is 6.92 Å². The lowest BCUT2D eigenvalue weighted by Crippen LogP contribution is -2.13. The van der Waals surface area contributed by atoms with Crippen LogP contribution in [0.3, 0.4) is 0 Å². The second-order valence-corrected chi connectivity index (χ2v) is 4.42. The number of nitrogens with zero attached hydrogens (tertiary/aromatic N) is 2. The first-order valence-electron chi connectivity index (χ1n) is 6.77. The fourth-order valence-electron chi connectivity index (χ4n) is 2.04. The van der Waals surface area contributed by atoms with E-state index in [1.807, 2.05) is 38.1 Å². The van der Waals surface area contributed by atoms with Crippen molar-refractivity contribution < 1.29 is 4.74 Å². The Morgan fingerprint density at radius 2 is 1.85 bits per heavy atom. The first kappa shape index (κ1) is 14.3. The van der Waals surface area contributed by atoms with Gasteiger partial charge < -0.3 is 10.2 Å². The number of ether oxygens (including phenoxy) is 1. The molecule has 1 aromatic heterocycles. The molecule has 0 atom stereocenters. The van der Waals surface area contributed by atoms with E-state index >= 15 is 0 Å². The molecule has 3 N–H and O–H groups in total. The van der Waals surface area contributed by atoms with Crippen molar-refractivity contribution in [1.82, 2.24) is 9.97 Å². The van der Waals surface area contributed by atoms with Crippen LogP contribution in [0, 0.1) is 6.92 Å². The lowest BCUT2D eigenvalue weighted by atomic mass is 10.1. The molecule has 0 saturated carbocycles. The Morgan fingerprint density at radius 3 is 2.40 bits per heavy atom. The van der Waals surface area contributed by atoms with Gasteiger partial charge in [-0.2, -0.15) is 0 Å². The predicted octanol–water partition coefficient (Wildman–Crippen LogP) is 2.70. The number of anilines is 1. The Bertz CT molecular complexity index is 556. The summed E-state index contributed by atoms with van der Waals surface area (Å²) < 4.78 is 5.43. The number of nitrogens with two attached hydrogens (primary N) is 1. The minimum Gasteiger partial charge on any atom is -0.494 e. The van der Waals surface area contributed by atoms with E-state index in [9.17, 15) is 0 Å². The molecule has 2 rings (SSSR count). The van der Waals surface area contributed by atoms with E-state index in [2.05, 4.69) is 22.3 Å². The fraction of sp³-hybridized carbons (Fsp3) is 0.333. The number of aromatic nitrogens is 2. The summed E-state index contributed by atoms with van der Waals surface area (Å²) in [5, 5.41) is 0. The van der Waals surface area contributed by atoms with Crippen LogP contribution >= 0.6 is 0 Å². The molecule has 0 spiro atoms. The molecule has 0 unspecified atom stereocenters. The summed E-state index contributed by atoms with van der Waals surface area (Å²) in [4.78, 5) is 9.06. The number of hydrogen-bond acceptors (Lipinski definition) is 5. The molecular weight excluding hydrogens is 252 g/mol. The highest BCUT2D eigenvalue weighted by Crippen LogP contribution is 2.23. The van der Waals surface area contributed by atoms with Crippen LogP contribution in [-0.2, 0) is 6.42 Å². The lowest BCUT2D eigenvalue weighted by molar-refractivity contribution is 0.340. The van der Waals surface area contributed by atoms with Gasteiger partial charge in [0.05, 0.1) is 6.61 Å². The zero-order chi connectivity index (χ0) is 14.5. The maximum Gasteiger partial charge on any atom is 0.161 e. The quantitative estimate of drug-likeness (QED) is 0.646. The number of aryl methyl sites for hydroxylation is 1. The Balaban J connectivity index is 2.41. The van der Waals surface area contributed by atoms with Crippen LogP contribution in [0.2, 0.25) is 0 Å². The molecule has 0 amide bonds. The number of hydrogen-bond donors (Lipinski definition) is 2. The maximum absolute atomic E-state index is 5.52. The molecule has 0 radical (unpaired) electrons. The topological polar surface area (TPSA) is 73.1 Å². The zero-order valence-electron chi connectivity index (χ0n) is 12.1. The molecule has 5 nitrogen and oxygen atoms in total. The summed E-state index contributed by atoms with van der Waals surface area (Å²) in [5.74, 6) is 7.71. The minimum absolute atomic E-state index is 0.654. The van der Waals surface area contributed by atoms with Crippen molar-refractivity contribution in [3.63, 3.8) is 0 Å². The van der Waals surface area contributed by atoms with Gasteiger partial charge in [0.25, 0.3) is 0 Å². The second kappa shape index (κ2) is 6.34. The van der Waals surface area contributed by atoms with E-state index in [1.165, 1.54) is 0 Å². The lowest BCUT2D eigenvalue weighted by Gasteiger charge is -2.11. The molecular formula is C15H20N4O. The first-order chi connectivity index (χ1) is 9.69. The van der Waals surface area contributed by atoms with Crippen molar-refractivity contribution in [2.45, 2.75) is 27.2 Å². The van der Waals surface area contributed by atoms with E-state index in [4.69, 9.17) is 10.6 Å². The molecule has 1 aromatic carbocycles. The average molecular weight is 272 g/mol. The van der Waals surface area contributed by atoms with Crippen molar-refractivity contribution in [2.75, 3.05) is 12.0 Å². The molecule has 1 heterocycles. The zero-order valence-corrected chi connectivity index (χ0v) is 12.1. The molecule has 5 heteroatoms. The standard InChI is InChI=1S/C15H20N4O/c1-4-13-10(3)14(19-16)18-15(17-13)11-6-8-12(9-7-11)20-5-2/h6-9H,4-5,16H2,1-3H3,(H,17,18,19). The molecule has 0 aliphatic rings. The van der Waals surface area contributed by atoms with Crippen LogP contribution in [0.1, 0.15) is 25.1 Å². The molecule has 2 aromatic rings. The van der Waals surface area contributed by atoms with Crippen LogP contribution in [0.5, 0.6) is 5.75 Å². The van der Waals surface area contributed by atoms with Gasteiger partial charge in [0.1, 0.15) is 11.6 Å². The third-order valence-electron chi connectivity index (χ3n) is 3.14. The number of nitrogen functional groups attached to an aromatic ring is 1. The van der Waals surface area contributed by atoms with Crippen LogP contribution < -0.4 is 16.0 Å². The van der Waals surface area contributed by atoms with Gasteiger partial charge in [-0.3, -0.25) is 0 Å². The number of benzene rings is 1. The van der Waals surface area contributed by atoms with Crippen LogP contribution in [-0.4, -0.2) is 16.6 Å². The van der Waals surface area contributed by atoms with E-state index in [1.54, 1.807) is 0 Å². The Hall–Kier alpha value is -2.14. The van der Waals surface area contributed by atoms with E-state index in [0.717, 1.165) is 29.0 Å². The summed E-state index contributed by atoms with van der Waals surface area (Å²) in [5.41, 5.74) is 5.57. The summed E-state index contributed by atoms with van der Waals surface area (Å²) in [7, 11) is 0. The van der Waals surface area contributed by atoms with Gasteiger partial charge in [-0.15, -0.1) is 0 Å². The summed E-state index contributed by atoms with van der Waals surface area (Å²) >= 11 is 0. The first-order valence-corrected chi connectivity index (χ1v) is 6.77. The van der Waals surface area contributed by atoms with Crippen molar-refractivity contribution in [1.29, 1.82) is 0 Å². The molecule has 0 fully saturated rings. The second-order valence-electron chi connectivity index (χ2n) is 4.42. The molecule has 106 valence electrons. The number of rotatable bonds is 5. The van der Waals surface area contributed by atoms with Gasteiger partial charge >= 0.3 is 0 Å². The Morgan fingerprint density at radius 1 is 1.15 bits per heavy atom. The van der Waals surface area contributed by atoms with Gasteiger partial charge in [0, 0.05) is 16.8 Å². The van der Waals surface area contributed by atoms with E-state index in [0.29, 0.717) is 18.2 Å². The van der Waals surface area contributed by atoms with E-state index < -0.39 is 0 Å². The summed E-state index contributed by atoms with van der Waals surface area (Å²) in [6, 6.07) is 7.75. The van der Waals surface area contributed by atoms with Crippen LogP contribution in [0.25, 0.3) is 11.4 Å². The molecule has 0 bridgehead atoms. The van der Waals surface area contributed by atoms with Crippen LogP contribution in [0.15, 0.2) is 24.3 Å². The largest absolute Gasteiger partial charge is 0.494 e. The third-order valence-corrected chi connectivity index (χ3v) is 3.14. The Kier molecular flexibility index (Phi) is 4.53. The fourth-order valence-corrected chi connectivity index (χ4v) is 2.04. The predicted molar refractivity (Wildman–Crippen MR) is 80.6 cm³/mol. The monoisotopic (exact) mass is 272 g/mol. The van der Waals surface area contributed by atoms with Crippen molar-refractivity contribution in [2.24, 2.45) is 5.84 Å². The Labute approximate surface area is 119 Å². The average Bonchev–Trinajstić information content (AvgIpc) is 2.49. The molecule has 0 saturated heterocycles. The molecule has 0 aliphatic carbocycles. The van der Waals surface area contributed by atoms with Gasteiger partial charge in [0.15, 0.2) is 5.82 Å². The van der Waals surface area contributed by atoms with Gasteiger partial charge in [-0.25, -0.2) is 15.8 Å². The number of nitrogens with one attached hydrogen (secondary N) is 1. The molecule has 20 heavy (non-hydrogen) atoms. The highest BCUT2D eigenvalue weighted by atomic mass is 16.5. The van der Waals surface area contributed by atoms with Gasteiger partial charge in [0.2, 0.25) is 0 Å². The minimum atomic E-state index is 0.654. The SMILES string of the molecule is CCOc1ccc(-c2nc(CC)c(C)c(NN)n2)cc1. The normalized spacial score (nSPS) is 10.4. The molecule has 0 aliphatic heterocycles. The smallest absolute Gasteiger partial charge is 0.161 e. The van der Waals surface area contributed by atoms with Crippen molar-refractivity contribution in [3.8, 4) is 17.1 Å². The summed E-state index contributed by atoms with van der Waals surface area (Å²) in [6.07, 6.45) is 0.840. The number of hydrazine groups is 1. The maximum atomic E-state index is 5.52. The van der Waals surface area contributed by atoms with E-state index in [-0.39, 0.29) is 0 Å².